The molecule has 0 unspecified atom stereocenters. The van der Waals surface area contributed by atoms with E-state index < -0.39 is 0 Å². The van der Waals surface area contributed by atoms with Crippen LogP contribution in [0.1, 0.15) is 27.0 Å². The molecule has 110 valence electrons. The van der Waals surface area contributed by atoms with Crippen molar-refractivity contribution in [3.05, 3.63) is 58.7 Å². The molecule has 0 aliphatic carbocycles. The summed E-state index contributed by atoms with van der Waals surface area (Å²) in [6.07, 6.45) is 0.386. The predicted octanol–water partition coefficient (Wildman–Crippen LogP) is 3.75. The van der Waals surface area contributed by atoms with Crippen LogP contribution in [0.25, 0.3) is 0 Å². The lowest BCUT2D eigenvalue weighted by Crippen LogP contribution is -2.04. The minimum atomic E-state index is 0.102. The highest BCUT2D eigenvalue weighted by molar-refractivity contribution is 5.97. The van der Waals surface area contributed by atoms with Gasteiger partial charge in [-0.1, -0.05) is 12.1 Å². The molecule has 21 heavy (non-hydrogen) atoms. The van der Waals surface area contributed by atoms with Crippen molar-refractivity contribution in [3.8, 4) is 11.5 Å². The Kier molecular flexibility index (Phi) is 4.63. The van der Waals surface area contributed by atoms with E-state index in [0.717, 1.165) is 28.2 Å². The molecule has 0 aliphatic rings. The van der Waals surface area contributed by atoms with Gasteiger partial charge in [0, 0.05) is 12.0 Å². The molecule has 0 spiro atoms. The first-order valence-corrected chi connectivity index (χ1v) is 6.86. The molecule has 0 aromatic heterocycles. The molecular formula is C18H20O3. The molecule has 3 nitrogen and oxygen atoms in total. The molecule has 0 radical (unpaired) electrons. The van der Waals surface area contributed by atoms with Crippen LogP contribution in [0.15, 0.2) is 36.4 Å². The Morgan fingerprint density at radius 3 is 2.00 bits per heavy atom. The zero-order chi connectivity index (χ0) is 15.4. The van der Waals surface area contributed by atoms with E-state index >= 15 is 0 Å². The van der Waals surface area contributed by atoms with Gasteiger partial charge in [0.05, 0.1) is 14.2 Å². The number of hydrogen-bond acceptors (Lipinski definition) is 3. The molecule has 0 bridgehead atoms. The van der Waals surface area contributed by atoms with Crippen LogP contribution < -0.4 is 9.47 Å². The minimum absolute atomic E-state index is 0.102. The van der Waals surface area contributed by atoms with Crippen molar-refractivity contribution in [1.82, 2.24) is 0 Å². The van der Waals surface area contributed by atoms with Crippen molar-refractivity contribution in [2.45, 2.75) is 20.3 Å². The first-order chi connectivity index (χ1) is 10.0. The highest BCUT2D eigenvalue weighted by atomic mass is 16.5. The van der Waals surface area contributed by atoms with Crippen LogP contribution in [0.3, 0.4) is 0 Å². The van der Waals surface area contributed by atoms with Crippen molar-refractivity contribution in [2.24, 2.45) is 0 Å². The molecule has 0 amide bonds. The average molecular weight is 284 g/mol. The third kappa shape index (κ3) is 3.43. The second kappa shape index (κ2) is 6.44. The number of carbonyl (C=O) groups is 1. The second-order valence-electron chi connectivity index (χ2n) is 5.09. The molecule has 3 heteroatoms. The number of ketones is 1. The monoisotopic (exact) mass is 284 g/mol. The molecule has 0 atom stereocenters. The number of hydrogen-bond donors (Lipinski definition) is 0. The van der Waals surface area contributed by atoms with Gasteiger partial charge in [0.1, 0.15) is 11.5 Å². The van der Waals surface area contributed by atoms with Gasteiger partial charge >= 0.3 is 0 Å². The normalized spacial score (nSPS) is 10.3. The standard InChI is InChI=1S/C18H20O3/c1-12-9-14(5-7-17(12)20-3)11-16(19)15-6-8-18(21-4)13(2)10-15/h5-10H,11H2,1-4H3. The molecule has 2 rings (SSSR count). The number of ether oxygens (including phenoxy) is 2. The number of benzene rings is 2. The number of carbonyl (C=O) groups excluding carboxylic acids is 1. The third-order valence-corrected chi connectivity index (χ3v) is 3.54. The molecule has 0 saturated heterocycles. The Morgan fingerprint density at radius 1 is 0.905 bits per heavy atom. The maximum atomic E-state index is 12.4. The maximum Gasteiger partial charge on any atom is 0.167 e. The molecule has 0 aliphatic heterocycles. The fourth-order valence-electron chi connectivity index (χ4n) is 2.39. The average Bonchev–Trinajstić information content (AvgIpc) is 2.47. The van der Waals surface area contributed by atoms with E-state index in [1.165, 1.54) is 0 Å². The first kappa shape index (κ1) is 15.1. The highest BCUT2D eigenvalue weighted by Crippen LogP contribution is 2.22. The van der Waals surface area contributed by atoms with E-state index in [4.69, 9.17) is 9.47 Å². The molecule has 0 fully saturated rings. The van der Waals surface area contributed by atoms with E-state index in [2.05, 4.69) is 0 Å². The fourth-order valence-corrected chi connectivity index (χ4v) is 2.39. The van der Waals surface area contributed by atoms with E-state index in [0.29, 0.717) is 12.0 Å². The van der Waals surface area contributed by atoms with Gasteiger partial charge in [0.2, 0.25) is 0 Å². The van der Waals surface area contributed by atoms with Crippen molar-refractivity contribution in [3.63, 3.8) is 0 Å². The van der Waals surface area contributed by atoms with Crippen LogP contribution in [-0.4, -0.2) is 20.0 Å². The molecule has 0 heterocycles. The van der Waals surface area contributed by atoms with Crippen LogP contribution in [0, 0.1) is 13.8 Å². The van der Waals surface area contributed by atoms with Gasteiger partial charge in [-0.2, -0.15) is 0 Å². The summed E-state index contributed by atoms with van der Waals surface area (Å²) in [5, 5.41) is 0. The Balaban J connectivity index is 2.18. The zero-order valence-corrected chi connectivity index (χ0v) is 12.9. The summed E-state index contributed by atoms with van der Waals surface area (Å²) in [4.78, 5) is 12.4. The smallest absolute Gasteiger partial charge is 0.167 e. The summed E-state index contributed by atoms with van der Waals surface area (Å²) in [7, 11) is 3.28. The van der Waals surface area contributed by atoms with E-state index in [9.17, 15) is 4.79 Å². The van der Waals surface area contributed by atoms with Gasteiger partial charge in [0.15, 0.2) is 5.78 Å². The quantitative estimate of drug-likeness (QED) is 0.784. The van der Waals surface area contributed by atoms with Crippen LogP contribution in [0.2, 0.25) is 0 Å². The van der Waals surface area contributed by atoms with Crippen molar-refractivity contribution >= 4 is 5.78 Å². The zero-order valence-electron chi connectivity index (χ0n) is 12.9. The van der Waals surface area contributed by atoms with E-state index in [-0.39, 0.29) is 5.78 Å². The highest BCUT2D eigenvalue weighted by Gasteiger charge is 2.10. The summed E-state index contributed by atoms with van der Waals surface area (Å²) in [6, 6.07) is 11.3. The fraction of sp³-hybridized carbons (Fsp3) is 0.278. The number of aryl methyl sites for hydroxylation is 2. The Bertz CT molecular complexity index is 660. The topological polar surface area (TPSA) is 35.5 Å². The van der Waals surface area contributed by atoms with Gasteiger partial charge in [-0.05, 0) is 54.8 Å². The molecule has 2 aromatic carbocycles. The summed E-state index contributed by atoms with van der Waals surface area (Å²) >= 11 is 0. The second-order valence-corrected chi connectivity index (χ2v) is 5.09. The molecule has 0 saturated carbocycles. The summed E-state index contributed by atoms with van der Waals surface area (Å²) in [6.45, 7) is 3.91. The van der Waals surface area contributed by atoms with Crippen molar-refractivity contribution in [1.29, 1.82) is 0 Å². The van der Waals surface area contributed by atoms with Gasteiger partial charge in [0.25, 0.3) is 0 Å². The Labute approximate surface area is 125 Å². The predicted molar refractivity (Wildman–Crippen MR) is 83.5 cm³/mol. The van der Waals surface area contributed by atoms with Gasteiger partial charge in [-0.15, -0.1) is 0 Å². The van der Waals surface area contributed by atoms with E-state index in [1.54, 1.807) is 14.2 Å². The lowest BCUT2D eigenvalue weighted by molar-refractivity contribution is 0.0993. The third-order valence-electron chi connectivity index (χ3n) is 3.54. The largest absolute Gasteiger partial charge is 0.496 e. The minimum Gasteiger partial charge on any atom is -0.496 e. The van der Waals surface area contributed by atoms with Crippen LogP contribution in [0.4, 0.5) is 0 Å². The van der Waals surface area contributed by atoms with Crippen LogP contribution in [-0.2, 0) is 6.42 Å². The SMILES string of the molecule is COc1ccc(CC(=O)c2ccc(OC)c(C)c2)cc1C. The maximum absolute atomic E-state index is 12.4. The van der Waals surface area contributed by atoms with Crippen molar-refractivity contribution < 1.29 is 14.3 Å². The summed E-state index contributed by atoms with van der Waals surface area (Å²) in [5.41, 5.74) is 3.71. The number of rotatable bonds is 5. The summed E-state index contributed by atoms with van der Waals surface area (Å²) in [5.74, 6) is 1.74. The lowest BCUT2D eigenvalue weighted by atomic mass is 10.00. The van der Waals surface area contributed by atoms with Gasteiger partial charge < -0.3 is 9.47 Å². The van der Waals surface area contributed by atoms with Crippen molar-refractivity contribution in [2.75, 3.05) is 14.2 Å². The molecule has 0 N–H and O–H groups in total. The van der Waals surface area contributed by atoms with Crippen LogP contribution >= 0.6 is 0 Å². The molecular weight excluding hydrogens is 264 g/mol. The first-order valence-electron chi connectivity index (χ1n) is 6.86. The van der Waals surface area contributed by atoms with Gasteiger partial charge in [-0.3, -0.25) is 4.79 Å². The van der Waals surface area contributed by atoms with Crippen LogP contribution in [0.5, 0.6) is 11.5 Å². The Morgan fingerprint density at radius 2 is 1.48 bits per heavy atom. The van der Waals surface area contributed by atoms with Gasteiger partial charge in [-0.25, -0.2) is 0 Å². The molecule has 2 aromatic rings. The lowest BCUT2D eigenvalue weighted by Gasteiger charge is -2.09. The summed E-state index contributed by atoms with van der Waals surface area (Å²) < 4.78 is 10.4. The van der Waals surface area contributed by atoms with E-state index in [1.807, 2.05) is 50.2 Å². The Hall–Kier alpha value is -2.29. The number of methoxy groups -OCH3 is 2. The number of Topliss-reactive ketones (excluding diaryl/α,β-unsaturated/α-hetero) is 1.